The van der Waals surface area contributed by atoms with Crippen LogP contribution < -0.4 is 5.32 Å². The fourth-order valence-electron chi connectivity index (χ4n) is 1.58. The molecule has 12 heavy (non-hydrogen) atoms. The Labute approximate surface area is 72.8 Å². The molecule has 1 unspecified atom stereocenters. The molecule has 0 fully saturated rings. The van der Waals surface area contributed by atoms with Gasteiger partial charge in [0, 0.05) is 12.7 Å². The quantitative estimate of drug-likeness (QED) is 0.689. The van der Waals surface area contributed by atoms with Gasteiger partial charge in [-0.3, -0.25) is 4.79 Å². The highest BCUT2D eigenvalue weighted by atomic mass is 16.5. The summed E-state index contributed by atoms with van der Waals surface area (Å²) in [4.78, 5) is 11.3. The summed E-state index contributed by atoms with van der Waals surface area (Å²) in [5.41, 5.74) is 1.99. The van der Waals surface area contributed by atoms with Gasteiger partial charge in [0.15, 0.2) is 6.23 Å². The second kappa shape index (κ2) is 3.72. The van der Waals surface area contributed by atoms with E-state index >= 15 is 0 Å². The fourth-order valence-corrected chi connectivity index (χ4v) is 1.58. The van der Waals surface area contributed by atoms with Crippen LogP contribution in [-0.4, -0.2) is 19.2 Å². The van der Waals surface area contributed by atoms with Gasteiger partial charge in [-0.1, -0.05) is 13.8 Å². The number of rotatable bonds is 3. The van der Waals surface area contributed by atoms with Crippen LogP contribution in [0.25, 0.3) is 0 Å². The first kappa shape index (κ1) is 9.26. The normalized spacial score (nSPS) is 23.2. The molecule has 0 bridgehead atoms. The first-order chi connectivity index (χ1) is 5.74. The van der Waals surface area contributed by atoms with Crippen molar-refractivity contribution in [3.63, 3.8) is 0 Å². The van der Waals surface area contributed by atoms with Crippen LogP contribution in [0.3, 0.4) is 0 Å². The predicted molar refractivity (Wildman–Crippen MR) is 46.5 cm³/mol. The molecule has 0 saturated carbocycles. The Morgan fingerprint density at radius 1 is 1.42 bits per heavy atom. The second-order valence-electron chi connectivity index (χ2n) is 2.80. The predicted octanol–water partition coefficient (Wildman–Crippen LogP) is 1.21. The summed E-state index contributed by atoms with van der Waals surface area (Å²) in [6.45, 7) is 4.03. The molecule has 1 amide bonds. The van der Waals surface area contributed by atoms with Gasteiger partial charge in [0.2, 0.25) is 5.91 Å². The van der Waals surface area contributed by atoms with E-state index in [1.54, 1.807) is 7.11 Å². The monoisotopic (exact) mass is 169 g/mol. The van der Waals surface area contributed by atoms with Gasteiger partial charge in [-0.2, -0.15) is 0 Å². The van der Waals surface area contributed by atoms with Crippen LogP contribution in [-0.2, 0) is 9.53 Å². The van der Waals surface area contributed by atoms with Crippen LogP contribution in [0.15, 0.2) is 11.1 Å². The Balaban J connectivity index is 2.90. The summed E-state index contributed by atoms with van der Waals surface area (Å²) in [6.07, 6.45) is 1.48. The van der Waals surface area contributed by atoms with Crippen LogP contribution >= 0.6 is 0 Å². The lowest BCUT2D eigenvalue weighted by Crippen LogP contribution is -2.30. The summed E-state index contributed by atoms with van der Waals surface area (Å²) in [6, 6.07) is 0. The highest BCUT2D eigenvalue weighted by molar-refractivity contribution is 5.97. The van der Waals surface area contributed by atoms with E-state index < -0.39 is 0 Å². The van der Waals surface area contributed by atoms with E-state index in [1.807, 2.05) is 13.8 Å². The Bertz CT molecular complexity index is 221. The number of amides is 1. The summed E-state index contributed by atoms with van der Waals surface area (Å²) >= 11 is 0. The lowest BCUT2D eigenvalue weighted by molar-refractivity contribution is -0.118. The van der Waals surface area contributed by atoms with Crippen LogP contribution in [0.5, 0.6) is 0 Å². The van der Waals surface area contributed by atoms with Crippen molar-refractivity contribution in [2.24, 2.45) is 0 Å². The highest BCUT2D eigenvalue weighted by Gasteiger charge is 2.28. The number of hydrogen-bond acceptors (Lipinski definition) is 2. The average molecular weight is 169 g/mol. The average Bonchev–Trinajstić information content (AvgIpc) is 2.40. The maximum Gasteiger partial charge on any atom is 0.249 e. The Morgan fingerprint density at radius 2 is 2.08 bits per heavy atom. The number of ether oxygens (including phenoxy) is 1. The zero-order valence-corrected chi connectivity index (χ0v) is 7.81. The molecule has 1 N–H and O–H groups in total. The van der Waals surface area contributed by atoms with E-state index in [0.717, 1.165) is 24.0 Å². The molecule has 0 spiro atoms. The molecule has 1 aliphatic rings. The molecule has 3 nitrogen and oxygen atoms in total. The van der Waals surface area contributed by atoms with E-state index in [9.17, 15) is 4.79 Å². The summed E-state index contributed by atoms with van der Waals surface area (Å²) < 4.78 is 5.13. The number of carbonyl (C=O) groups is 1. The molecule has 0 saturated heterocycles. The molecule has 1 rings (SSSR count). The molecular formula is C9H15NO2. The minimum Gasteiger partial charge on any atom is -0.358 e. The van der Waals surface area contributed by atoms with Crippen molar-refractivity contribution in [2.75, 3.05) is 7.11 Å². The maximum atomic E-state index is 11.3. The van der Waals surface area contributed by atoms with Crippen molar-refractivity contribution in [2.45, 2.75) is 32.9 Å². The molecule has 0 aromatic rings. The lowest BCUT2D eigenvalue weighted by Gasteiger charge is -2.10. The van der Waals surface area contributed by atoms with Gasteiger partial charge in [-0.05, 0) is 18.4 Å². The molecule has 1 atom stereocenters. The Hall–Kier alpha value is -0.830. The van der Waals surface area contributed by atoms with Crippen LogP contribution in [0, 0.1) is 0 Å². The Morgan fingerprint density at radius 3 is 2.50 bits per heavy atom. The van der Waals surface area contributed by atoms with Crippen molar-refractivity contribution in [3.05, 3.63) is 11.1 Å². The molecular weight excluding hydrogens is 154 g/mol. The van der Waals surface area contributed by atoms with Gasteiger partial charge in [-0.15, -0.1) is 0 Å². The summed E-state index contributed by atoms with van der Waals surface area (Å²) in [7, 11) is 1.61. The third-order valence-electron chi connectivity index (χ3n) is 2.21. The fraction of sp³-hybridized carbons (Fsp3) is 0.667. The van der Waals surface area contributed by atoms with Crippen molar-refractivity contribution < 1.29 is 9.53 Å². The molecule has 0 aliphatic carbocycles. The van der Waals surface area contributed by atoms with Crippen molar-refractivity contribution in [1.29, 1.82) is 0 Å². The first-order valence-electron chi connectivity index (χ1n) is 4.30. The number of carbonyl (C=O) groups excluding carboxylic acids is 1. The third kappa shape index (κ3) is 1.37. The molecule has 0 radical (unpaired) electrons. The summed E-state index contributed by atoms with van der Waals surface area (Å²) in [5.74, 6) is 0.0289. The zero-order valence-electron chi connectivity index (χ0n) is 7.81. The van der Waals surface area contributed by atoms with Gasteiger partial charge < -0.3 is 10.1 Å². The number of hydrogen-bond donors (Lipinski definition) is 1. The van der Waals surface area contributed by atoms with E-state index in [1.165, 1.54) is 0 Å². The van der Waals surface area contributed by atoms with E-state index in [2.05, 4.69) is 5.32 Å². The van der Waals surface area contributed by atoms with Gasteiger partial charge in [-0.25, -0.2) is 0 Å². The van der Waals surface area contributed by atoms with Crippen LogP contribution in [0.1, 0.15) is 26.7 Å². The van der Waals surface area contributed by atoms with Gasteiger partial charge in [0.25, 0.3) is 0 Å². The van der Waals surface area contributed by atoms with E-state index in [4.69, 9.17) is 4.74 Å². The largest absolute Gasteiger partial charge is 0.358 e. The van der Waals surface area contributed by atoms with Gasteiger partial charge in [0.05, 0.1) is 0 Å². The van der Waals surface area contributed by atoms with Crippen LogP contribution in [0.2, 0.25) is 0 Å². The molecule has 1 aliphatic heterocycles. The standard InChI is InChI=1S/C9H15NO2/c1-4-6-7(5-2)9(12-3)10-8(6)11/h9H,4-5H2,1-3H3,(H,10,11). The lowest BCUT2D eigenvalue weighted by atomic mass is 10.1. The van der Waals surface area contributed by atoms with Crippen molar-refractivity contribution >= 4 is 5.91 Å². The highest BCUT2D eigenvalue weighted by Crippen LogP contribution is 2.22. The zero-order chi connectivity index (χ0) is 9.14. The second-order valence-corrected chi connectivity index (χ2v) is 2.80. The first-order valence-corrected chi connectivity index (χ1v) is 4.30. The Kier molecular flexibility index (Phi) is 2.87. The van der Waals surface area contributed by atoms with Crippen molar-refractivity contribution in [1.82, 2.24) is 5.32 Å². The minimum atomic E-state index is -0.183. The topological polar surface area (TPSA) is 38.3 Å². The minimum absolute atomic E-state index is 0.0289. The molecule has 0 aromatic carbocycles. The molecule has 1 heterocycles. The number of methoxy groups -OCH3 is 1. The van der Waals surface area contributed by atoms with Crippen molar-refractivity contribution in [3.8, 4) is 0 Å². The van der Waals surface area contributed by atoms with E-state index in [-0.39, 0.29) is 12.1 Å². The van der Waals surface area contributed by atoms with E-state index in [0.29, 0.717) is 0 Å². The van der Waals surface area contributed by atoms with Gasteiger partial charge >= 0.3 is 0 Å². The molecule has 3 heteroatoms. The molecule has 68 valence electrons. The van der Waals surface area contributed by atoms with Gasteiger partial charge in [0.1, 0.15) is 0 Å². The number of nitrogens with one attached hydrogen (secondary N) is 1. The SMILES string of the molecule is CCC1=C(CC)C(OC)NC1=O. The maximum absolute atomic E-state index is 11.3. The van der Waals surface area contributed by atoms with Crippen LogP contribution in [0.4, 0.5) is 0 Å². The molecule has 0 aromatic heterocycles. The third-order valence-corrected chi connectivity index (χ3v) is 2.21. The summed E-state index contributed by atoms with van der Waals surface area (Å²) in [5, 5.41) is 2.77. The smallest absolute Gasteiger partial charge is 0.249 e.